The Kier molecular flexibility index (Phi) is 10.1. The van der Waals surface area contributed by atoms with Crippen LogP contribution in [0, 0.1) is 0 Å². The number of hydrogen-bond donors (Lipinski definition) is 3. The van der Waals surface area contributed by atoms with Crippen molar-refractivity contribution in [2.24, 2.45) is 0 Å². The van der Waals surface area contributed by atoms with Gasteiger partial charge in [-0.1, -0.05) is 41.0 Å². The molecule has 23 heavy (non-hydrogen) atoms. The highest BCUT2D eigenvalue weighted by Crippen LogP contribution is 2.17. The molecular weight excluding hydrogens is 288 g/mol. The zero-order valence-corrected chi connectivity index (χ0v) is 15.3. The first-order valence-corrected chi connectivity index (χ1v) is 8.26. The van der Waals surface area contributed by atoms with Crippen LogP contribution in [0.1, 0.15) is 60.3 Å². The van der Waals surface area contributed by atoms with E-state index in [1.54, 1.807) is 13.0 Å². The first-order valence-electron chi connectivity index (χ1n) is 8.26. The van der Waals surface area contributed by atoms with Gasteiger partial charge in [0.05, 0.1) is 17.8 Å². The molecule has 0 aromatic heterocycles. The SMILES string of the molecule is C=C[C@](C)(O)C[C@H](O)/C=C(\C)C[C@H](O)/C=C(\C)CCC=C(C)C. The molecule has 0 heterocycles. The van der Waals surface area contributed by atoms with Crippen molar-refractivity contribution in [1.29, 1.82) is 0 Å². The Bertz CT molecular complexity index is 452. The molecule has 0 aliphatic carbocycles. The van der Waals surface area contributed by atoms with E-state index in [2.05, 4.69) is 26.5 Å². The van der Waals surface area contributed by atoms with Crippen LogP contribution in [0.25, 0.3) is 0 Å². The molecule has 3 nitrogen and oxygen atoms in total. The van der Waals surface area contributed by atoms with Gasteiger partial charge in [0.15, 0.2) is 0 Å². The number of aliphatic hydroxyl groups is 3. The summed E-state index contributed by atoms with van der Waals surface area (Å²) in [4.78, 5) is 0. The summed E-state index contributed by atoms with van der Waals surface area (Å²) in [6.45, 7) is 13.2. The van der Waals surface area contributed by atoms with Gasteiger partial charge >= 0.3 is 0 Å². The van der Waals surface area contributed by atoms with E-state index in [-0.39, 0.29) is 6.42 Å². The molecule has 0 fully saturated rings. The van der Waals surface area contributed by atoms with Gasteiger partial charge in [-0.25, -0.2) is 0 Å². The maximum atomic E-state index is 10.1. The Hall–Kier alpha value is -1.16. The summed E-state index contributed by atoms with van der Waals surface area (Å²) in [6.07, 6.45) is 8.48. The van der Waals surface area contributed by atoms with Crippen molar-refractivity contribution in [2.75, 3.05) is 0 Å². The summed E-state index contributed by atoms with van der Waals surface area (Å²) in [5, 5.41) is 29.9. The Balaban J connectivity index is 4.47. The lowest BCUT2D eigenvalue weighted by Crippen LogP contribution is -2.26. The number of hydrogen-bond acceptors (Lipinski definition) is 3. The molecule has 0 bridgehead atoms. The number of allylic oxidation sites excluding steroid dienone is 3. The molecular formula is C20H34O3. The normalized spacial score (nSPS) is 18.1. The van der Waals surface area contributed by atoms with Gasteiger partial charge in [-0.05, 0) is 53.9 Å². The fourth-order valence-electron chi connectivity index (χ4n) is 2.35. The van der Waals surface area contributed by atoms with Crippen LogP contribution in [0.2, 0.25) is 0 Å². The predicted molar refractivity (Wildman–Crippen MR) is 98.2 cm³/mol. The van der Waals surface area contributed by atoms with Gasteiger partial charge in [0.1, 0.15) is 0 Å². The van der Waals surface area contributed by atoms with Crippen molar-refractivity contribution in [3.05, 3.63) is 47.6 Å². The average Bonchev–Trinajstić information content (AvgIpc) is 2.36. The Morgan fingerprint density at radius 1 is 1.04 bits per heavy atom. The summed E-state index contributed by atoms with van der Waals surface area (Å²) in [5.41, 5.74) is 2.29. The van der Waals surface area contributed by atoms with Gasteiger partial charge < -0.3 is 15.3 Å². The summed E-state index contributed by atoms with van der Waals surface area (Å²) >= 11 is 0. The third-order valence-corrected chi connectivity index (χ3v) is 3.64. The lowest BCUT2D eigenvalue weighted by Gasteiger charge is -2.21. The fraction of sp³-hybridized carbons (Fsp3) is 0.600. The molecule has 0 aliphatic rings. The van der Waals surface area contributed by atoms with E-state index in [0.717, 1.165) is 24.0 Å². The van der Waals surface area contributed by atoms with Crippen molar-refractivity contribution in [3.8, 4) is 0 Å². The van der Waals surface area contributed by atoms with Gasteiger partial charge in [0.25, 0.3) is 0 Å². The van der Waals surface area contributed by atoms with Crippen LogP contribution in [-0.2, 0) is 0 Å². The average molecular weight is 322 g/mol. The maximum Gasteiger partial charge on any atom is 0.0824 e. The summed E-state index contributed by atoms with van der Waals surface area (Å²) in [7, 11) is 0. The molecule has 0 unspecified atom stereocenters. The maximum absolute atomic E-state index is 10.1. The Morgan fingerprint density at radius 2 is 1.61 bits per heavy atom. The highest BCUT2D eigenvalue weighted by atomic mass is 16.3. The summed E-state index contributed by atoms with van der Waals surface area (Å²) < 4.78 is 0. The van der Waals surface area contributed by atoms with E-state index in [9.17, 15) is 15.3 Å². The van der Waals surface area contributed by atoms with Crippen LogP contribution in [0.15, 0.2) is 47.6 Å². The van der Waals surface area contributed by atoms with E-state index in [4.69, 9.17) is 0 Å². The predicted octanol–water partition coefficient (Wildman–Crippen LogP) is 4.06. The zero-order valence-electron chi connectivity index (χ0n) is 15.3. The van der Waals surface area contributed by atoms with Gasteiger partial charge in [-0.2, -0.15) is 0 Å². The van der Waals surface area contributed by atoms with Crippen molar-refractivity contribution >= 4 is 0 Å². The molecule has 0 aromatic rings. The molecule has 132 valence electrons. The minimum absolute atomic E-state index is 0.196. The van der Waals surface area contributed by atoms with Crippen molar-refractivity contribution < 1.29 is 15.3 Å². The van der Waals surface area contributed by atoms with E-state index in [1.807, 2.05) is 19.9 Å². The quantitative estimate of drug-likeness (QED) is 0.531. The largest absolute Gasteiger partial charge is 0.389 e. The van der Waals surface area contributed by atoms with Gasteiger partial charge in [-0.3, -0.25) is 0 Å². The van der Waals surface area contributed by atoms with Crippen molar-refractivity contribution in [2.45, 2.75) is 78.1 Å². The third-order valence-electron chi connectivity index (χ3n) is 3.64. The first-order chi connectivity index (χ1) is 10.6. The van der Waals surface area contributed by atoms with Crippen LogP contribution in [0.3, 0.4) is 0 Å². The van der Waals surface area contributed by atoms with Crippen molar-refractivity contribution in [3.63, 3.8) is 0 Å². The molecule has 0 aromatic carbocycles. The van der Waals surface area contributed by atoms with Crippen LogP contribution in [-0.4, -0.2) is 33.1 Å². The van der Waals surface area contributed by atoms with Gasteiger partial charge in [0, 0.05) is 6.42 Å². The lowest BCUT2D eigenvalue weighted by molar-refractivity contribution is 0.0573. The topological polar surface area (TPSA) is 60.7 Å². The molecule has 0 spiro atoms. The van der Waals surface area contributed by atoms with Crippen LogP contribution in [0.5, 0.6) is 0 Å². The molecule has 0 radical (unpaired) electrons. The first kappa shape index (κ1) is 21.8. The molecule has 3 N–H and O–H groups in total. The third kappa shape index (κ3) is 12.0. The zero-order chi connectivity index (χ0) is 18.0. The number of rotatable bonds is 10. The van der Waals surface area contributed by atoms with Gasteiger partial charge in [0.2, 0.25) is 0 Å². The molecule has 0 saturated heterocycles. The molecule has 0 saturated carbocycles. The van der Waals surface area contributed by atoms with Crippen LogP contribution >= 0.6 is 0 Å². The number of aliphatic hydroxyl groups excluding tert-OH is 2. The van der Waals surface area contributed by atoms with Gasteiger partial charge in [-0.15, -0.1) is 6.58 Å². The van der Waals surface area contributed by atoms with Crippen molar-refractivity contribution in [1.82, 2.24) is 0 Å². The molecule has 3 heteroatoms. The fourth-order valence-corrected chi connectivity index (χ4v) is 2.35. The van der Waals surface area contributed by atoms with E-state index < -0.39 is 17.8 Å². The summed E-state index contributed by atoms with van der Waals surface area (Å²) in [6, 6.07) is 0. The summed E-state index contributed by atoms with van der Waals surface area (Å²) in [5.74, 6) is 0. The molecule has 0 aliphatic heterocycles. The highest BCUT2D eigenvalue weighted by molar-refractivity contribution is 5.11. The molecule has 0 amide bonds. The monoisotopic (exact) mass is 322 g/mol. The second-order valence-corrected chi connectivity index (χ2v) is 6.95. The standard InChI is InChI=1S/C20H34O3/c1-7-20(6,23)14-19(22)13-17(5)12-18(21)11-16(4)10-8-9-15(2)3/h7,9,11,13,18-19,21-23H,1,8,10,12,14H2,2-6H3/b16-11+,17-13+/t18-,19-,20+/m1/s1. The van der Waals surface area contributed by atoms with Crippen LogP contribution in [0.4, 0.5) is 0 Å². The highest BCUT2D eigenvalue weighted by Gasteiger charge is 2.19. The van der Waals surface area contributed by atoms with E-state index in [0.29, 0.717) is 6.42 Å². The smallest absolute Gasteiger partial charge is 0.0824 e. The minimum Gasteiger partial charge on any atom is -0.389 e. The van der Waals surface area contributed by atoms with E-state index in [1.165, 1.54) is 11.6 Å². The molecule has 0 rings (SSSR count). The minimum atomic E-state index is -1.09. The Labute approximate surface area is 141 Å². The second kappa shape index (κ2) is 10.6. The lowest BCUT2D eigenvalue weighted by atomic mass is 9.96. The molecule has 3 atom stereocenters. The Morgan fingerprint density at radius 3 is 2.13 bits per heavy atom. The van der Waals surface area contributed by atoms with Crippen LogP contribution < -0.4 is 0 Å². The van der Waals surface area contributed by atoms with E-state index >= 15 is 0 Å². The second-order valence-electron chi connectivity index (χ2n) is 6.95.